The summed E-state index contributed by atoms with van der Waals surface area (Å²) < 4.78 is 5.05. The first-order chi connectivity index (χ1) is 11.2. The van der Waals surface area contributed by atoms with Crippen LogP contribution in [-0.4, -0.2) is 44.3 Å². The van der Waals surface area contributed by atoms with E-state index in [1.807, 2.05) is 0 Å². The highest BCUT2D eigenvalue weighted by atomic mass is 16.5. The second-order valence-corrected chi connectivity index (χ2v) is 5.65. The molecule has 126 valence electrons. The van der Waals surface area contributed by atoms with Crippen molar-refractivity contribution in [1.82, 2.24) is 15.6 Å². The molecule has 0 fully saturated rings. The quantitative estimate of drug-likeness (QED) is 0.398. The monoisotopic (exact) mass is 316 g/mol. The summed E-state index contributed by atoms with van der Waals surface area (Å²) in [5.41, 5.74) is 3.82. The van der Waals surface area contributed by atoms with Crippen LogP contribution in [0.5, 0.6) is 0 Å². The van der Waals surface area contributed by atoms with Gasteiger partial charge in [0, 0.05) is 50.5 Å². The van der Waals surface area contributed by atoms with Gasteiger partial charge in [-0.1, -0.05) is 12.1 Å². The van der Waals surface area contributed by atoms with Gasteiger partial charge in [-0.15, -0.1) is 0 Å². The van der Waals surface area contributed by atoms with Crippen molar-refractivity contribution in [2.75, 3.05) is 33.4 Å². The Morgan fingerprint density at radius 2 is 2.17 bits per heavy atom. The van der Waals surface area contributed by atoms with E-state index < -0.39 is 0 Å². The summed E-state index contributed by atoms with van der Waals surface area (Å²) in [6, 6.07) is 6.54. The third kappa shape index (κ3) is 5.28. The Morgan fingerprint density at radius 3 is 2.96 bits per heavy atom. The number of hydrogen-bond donors (Lipinski definition) is 3. The largest absolute Gasteiger partial charge is 0.385 e. The number of benzene rings is 1. The predicted octanol–water partition coefficient (Wildman–Crippen LogP) is 2.61. The van der Waals surface area contributed by atoms with E-state index in [9.17, 15) is 0 Å². The molecule has 0 unspecified atom stereocenters. The number of nitrogens with one attached hydrogen (secondary N) is 3. The van der Waals surface area contributed by atoms with Gasteiger partial charge >= 0.3 is 0 Å². The number of aromatic nitrogens is 1. The standard InChI is InChI=1S/C18H28N4O/c1-4-19-18(20-9-5-11-23-3)21-10-8-15-13-22-17-12-14(2)6-7-16(15)17/h6-7,12-13,22H,4-5,8-11H2,1-3H3,(H2,19,20,21). The summed E-state index contributed by atoms with van der Waals surface area (Å²) in [5.74, 6) is 0.874. The molecular formula is C18H28N4O. The van der Waals surface area contributed by atoms with E-state index in [1.165, 1.54) is 22.0 Å². The van der Waals surface area contributed by atoms with Crippen molar-refractivity contribution >= 4 is 16.9 Å². The first-order valence-corrected chi connectivity index (χ1v) is 8.32. The van der Waals surface area contributed by atoms with Crippen LogP contribution in [0.1, 0.15) is 24.5 Å². The number of hydrogen-bond acceptors (Lipinski definition) is 2. The highest BCUT2D eigenvalue weighted by Gasteiger charge is 2.04. The zero-order valence-electron chi connectivity index (χ0n) is 14.4. The summed E-state index contributed by atoms with van der Waals surface area (Å²) in [6.07, 6.45) is 4.01. The number of aromatic amines is 1. The van der Waals surface area contributed by atoms with Gasteiger partial charge in [0.1, 0.15) is 0 Å². The Hall–Kier alpha value is -2.01. The number of aliphatic imine (C=N–C) groups is 1. The van der Waals surface area contributed by atoms with Gasteiger partial charge in [0.2, 0.25) is 0 Å². The Bertz CT molecular complexity index is 633. The van der Waals surface area contributed by atoms with Crippen molar-refractivity contribution in [3.63, 3.8) is 0 Å². The van der Waals surface area contributed by atoms with E-state index in [0.717, 1.165) is 45.0 Å². The maximum absolute atomic E-state index is 5.05. The second-order valence-electron chi connectivity index (χ2n) is 5.65. The molecule has 0 saturated heterocycles. The molecule has 5 heteroatoms. The molecule has 0 spiro atoms. The third-order valence-corrected chi connectivity index (χ3v) is 3.73. The molecule has 2 rings (SSSR count). The summed E-state index contributed by atoms with van der Waals surface area (Å²) in [4.78, 5) is 7.90. The van der Waals surface area contributed by atoms with Crippen LogP contribution in [0.2, 0.25) is 0 Å². The first-order valence-electron chi connectivity index (χ1n) is 8.32. The topological polar surface area (TPSA) is 61.4 Å². The van der Waals surface area contributed by atoms with Crippen molar-refractivity contribution in [2.45, 2.75) is 26.7 Å². The summed E-state index contributed by atoms with van der Waals surface area (Å²) in [5, 5.41) is 7.98. The Kier molecular flexibility index (Phi) is 6.94. The molecule has 5 nitrogen and oxygen atoms in total. The minimum atomic E-state index is 0.748. The van der Waals surface area contributed by atoms with E-state index in [0.29, 0.717) is 0 Å². The average Bonchev–Trinajstić information content (AvgIpc) is 2.93. The van der Waals surface area contributed by atoms with Crippen LogP contribution < -0.4 is 10.6 Å². The van der Waals surface area contributed by atoms with E-state index >= 15 is 0 Å². The van der Waals surface area contributed by atoms with Crippen LogP contribution in [0.3, 0.4) is 0 Å². The van der Waals surface area contributed by atoms with E-state index in [-0.39, 0.29) is 0 Å². The van der Waals surface area contributed by atoms with Gasteiger partial charge in [0.25, 0.3) is 0 Å². The summed E-state index contributed by atoms with van der Waals surface area (Å²) >= 11 is 0. The predicted molar refractivity (Wildman–Crippen MR) is 97.2 cm³/mol. The molecule has 0 aliphatic carbocycles. The van der Waals surface area contributed by atoms with Crippen LogP contribution in [0.25, 0.3) is 10.9 Å². The van der Waals surface area contributed by atoms with Gasteiger partial charge in [-0.25, -0.2) is 0 Å². The maximum Gasteiger partial charge on any atom is 0.191 e. The van der Waals surface area contributed by atoms with Crippen LogP contribution in [-0.2, 0) is 11.2 Å². The van der Waals surface area contributed by atoms with Crippen LogP contribution >= 0.6 is 0 Å². The number of ether oxygens (including phenoxy) is 1. The molecule has 2 aromatic rings. The maximum atomic E-state index is 5.05. The van der Waals surface area contributed by atoms with Crippen molar-refractivity contribution in [1.29, 1.82) is 0 Å². The lowest BCUT2D eigenvalue weighted by Gasteiger charge is -2.11. The zero-order chi connectivity index (χ0) is 16.5. The summed E-state index contributed by atoms with van der Waals surface area (Å²) in [6.45, 7) is 7.44. The molecule has 23 heavy (non-hydrogen) atoms. The smallest absolute Gasteiger partial charge is 0.191 e. The Balaban J connectivity index is 1.87. The fourth-order valence-corrected chi connectivity index (χ4v) is 2.56. The number of guanidine groups is 1. The molecule has 0 radical (unpaired) electrons. The van der Waals surface area contributed by atoms with Gasteiger partial charge in [0.05, 0.1) is 0 Å². The van der Waals surface area contributed by atoms with Crippen LogP contribution in [0.4, 0.5) is 0 Å². The molecule has 1 aromatic heterocycles. The molecule has 1 aromatic carbocycles. The molecule has 0 aliphatic rings. The molecule has 0 saturated carbocycles. The Morgan fingerprint density at radius 1 is 1.30 bits per heavy atom. The van der Waals surface area contributed by atoms with Gasteiger partial charge in [0.15, 0.2) is 5.96 Å². The number of methoxy groups -OCH3 is 1. The lowest BCUT2D eigenvalue weighted by atomic mass is 10.1. The molecule has 0 aliphatic heterocycles. The van der Waals surface area contributed by atoms with Crippen molar-refractivity contribution in [3.8, 4) is 0 Å². The van der Waals surface area contributed by atoms with Crippen molar-refractivity contribution in [3.05, 3.63) is 35.5 Å². The lowest BCUT2D eigenvalue weighted by molar-refractivity contribution is 0.197. The third-order valence-electron chi connectivity index (χ3n) is 3.73. The number of fused-ring (bicyclic) bond motifs is 1. The zero-order valence-corrected chi connectivity index (χ0v) is 14.4. The number of rotatable bonds is 8. The average molecular weight is 316 g/mol. The molecule has 1 heterocycles. The van der Waals surface area contributed by atoms with Crippen LogP contribution in [0, 0.1) is 6.92 Å². The van der Waals surface area contributed by atoms with Gasteiger partial charge in [-0.3, -0.25) is 4.99 Å². The van der Waals surface area contributed by atoms with Crippen LogP contribution in [0.15, 0.2) is 29.4 Å². The van der Waals surface area contributed by atoms with Gasteiger partial charge in [-0.2, -0.15) is 0 Å². The number of nitrogens with zero attached hydrogens (tertiary/aromatic N) is 1. The highest BCUT2D eigenvalue weighted by molar-refractivity contribution is 5.84. The van der Waals surface area contributed by atoms with E-state index in [4.69, 9.17) is 4.74 Å². The van der Waals surface area contributed by atoms with Gasteiger partial charge < -0.3 is 20.4 Å². The fourth-order valence-electron chi connectivity index (χ4n) is 2.56. The Labute approximate surface area is 138 Å². The molecular weight excluding hydrogens is 288 g/mol. The molecule has 0 atom stereocenters. The first kappa shape index (κ1) is 17.3. The minimum Gasteiger partial charge on any atom is -0.385 e. The van der Waals surface area contributed by atoms with Gasteiger partial charge in [-0.05, 0) is 43.9 Å². The minimum absolute atomic E-state index is 0.748. The lowest BCUT2D eigenvalue weighted by Crippen LogP contribution is -2.38. The molecule has 0 bridgehead atoms. The van der Waals surface area contributed by atoms with Crippen molar-refractivity contribution < 1.29 is 4.74 Å². The fraction of sp³-hybridized carbons (Fsp3) is 0.500. The summed E-state index contributed by atoms with van der Waals surface area (Å²) in [7, 11) is 1.72. The van der Waals surface area contributed by atoms with E-state index in [2.05, 4.69) is 58.9 Å². The molecule has 3 N–H and O–H groups in total. The van der Waals surface area contributed by atoms with E-state index in [1.54, 1.807) is 7.11 Å². The number of aryl methyl sites for hydroxylation is 1. The van der Waals surface area contributed by atoms with Crippen molar-refractivity contribution in [2.24, 2.45) is 4.99 Å². The SMILES string of the molecule is CCNC(=NCCCOC)NCCc1c[nH]c2cc(C)ccc12. The second kappa shape index (κ2) is 9.20. The number of H-pyrrole nitrogens is 1. The normalized spacial score (nSPS) is 11.9. The highest BCUT2D eigenvalue weighted by Crippen LogP contribution is 2.19. The molecule has 0 amide bonds.